The molecule has 0 bridgehead atoms. The molecule has 8 nitrogen and oxygen atoms in total. The van der Waals surface area contributed by atoms with Gasteiger partial charge in [0.15, 0.2) is 0 Å². The van der Waals surface area contributed by atoms with Crippen LogP contribution in [0.15, 0.2) is 24.3 Å². The van der Waals surface area contributed by atoms with Crippen molar-refractivity contribution in [3.63, 3.8) is 0 Å². The number of halogens is 2. The highest BCUT2D eigenvalue weighted by atomic mass is 35.5. The van der Waals surface area contributed by atoms with E-state index in [0.717, 1.165) is 24.3 Å². The highest BCUT2D eigenvalue weighted by Gasteiger charge is 1.99. The molecule has 0 saturated heterocycles. The van der Waals surface area contributed by atoms with E-state index in [1.165, 1.54) is 0 Å². The monoisotopic (exact) mass is 382 g/mol. The maximum absolute atomic E-state index is 11.0. The molecule has 0 unspecified atom stereocenters. The van der Waals surface area contributed by atoms with Gasteiger partial charge in [-0.1, -0.05) is 0 Å². The van der Waals surface area contributed by atoms with Gasteiger partial charge in [-0.2, -0.15) is 0 Å². The minimum atomic E-state index is -0.769. The molecule has 0 spiro atoms. The van der Waals surface area contributed by atoms with E-state index in [-0.39, 0.29) is 39.6 Å². The Kier molecular flexibility index (Phi) is 13.8. The zero-order valence-corrected chi connectivity index (χ0v) is 14.1. The summed E-state index contributed by atoms with van der Waals surface area (Å²) in [6, 6.07) is 0. The minimum Gasteiger partial charge on any atom is -0.460 e. The minimum absolute atomic E-state index is 0.0168. The molecule has 0 N–H and O–H groups in total. The number of allylic oxidation sites excluding steroid dienone is 2. The van der Waals surface area contributed by atoms with Gasteiger partial charge in [0.05, 0.1) is 26.4 Å². The molecule has 0 radical (unpaired) electrons. The smallest absolute Gasteiger partial charge is 0.330 e. The number of rotatable bonds is 13. The lowest BCUT2D eigenvalue weighted by Gasteiger charge is -2.06. The molecule has 0 heterocycles. The largest absolute Gasteiger partial charge is 0.460 e. The van der Waals surface area contributed by atoms with Crippen molar-refractivity contribution in [1.82, 2.24) is 0 Å². The van der Waals surface area contributed by atoms with Crippen molar-refractivity contribution in [2.75, 3.05) is 39.6 Å². The van der Waals surface area contributed by atoms with Crippen LogP contribution in [-0.2, 0) is 38.1 Å². The Hall–Kier alpha value is -1.74. The molecule has 10 heteroatoms. The predicted molar refractivity (Wildman–Crippen MR) is 83.6 cm³/mol. The van der Waals surface area contributed by atoms with Crippen molar-refractivity contribution < 1.29 is 38.1 Å². The molecule has 0 atom stereocenters. The van der Waals surface area contributed by atoms with Crippen molar-refractivity contribution in [2.45, 2.75) is 0 Å². The molecule has 0 aliphatic carbocycles. The standard InChI is InChI=1S/C14H16Cl2O8/c15-11(17)1-3-13(19)23-9-7-21-5-6-22-8-10-24-14(20)4-2-12(16)18/h1-4H,5-10H2. The third kappa shape index (κ3) is 16.6. The summed E-state index contributed by atoms with van der Waals surface area (Å²) in [6.45, 7) is 0.851. The lowest BCUT2D eigenvalue weighted by Crippen LogP contribution is -2.14. The van der Waals surface area contributed by atoms with Gasteiger partial charge in [0.2, 0.25) is 10.5 Å². The predicted octanol–water partition coefficient (Wildman–Crippen LogP) is 0.749. The number of carbonyl (C=O) groups excluding carboxylic acids is 4. The van der Waals surface area contributed by atoms with E-state index in [9.17, 15) is 19.2 Å². The van der Waals surface area contributed by atoms with E-state index in [1.807, 2.05) is 0 Å². The topological polar surface area (TPSA) is 105 Å². The number of carbonyl (C=O) groups is 4. The fraction of sp³-hybridized carbons (Fsp3) is 0.429. The highest BCUT2D eigenvalue weighted by molar-refractivity contribution is 6.66. The third-order valence-corrected chi connectivity index (χ3v) is 2.27. The summed E-state index contributed by atoms with van der Waals surface area (Å²) in [5.74, 6) is -1.40. The first-order chi connectivity index (χ1) is 11.4. The maximum Gasteiger partial charge on any atom is 0.330 e. The van der Waals surface area contributed by atoms with Gasteiger partial charge in [-0.15, -0.1) is 0 Å². The summed E-state index contributed by atoms with van der Waals surface area (Å²) in [7, 11) is 0. The van der Waals surface area contributed by atoms with Gasteiger partial charge in [0, 0.05) is 24.3 Å². The summed E-state index contributed by atoms with van der Waals surface area (Å²) in [5.41, 5.74) is 0. The Labute approximate surface area is 148 Å². The van der Waals surface area contributed by atoms with Crippen molar-refractivity contribution in [3.8, 4) is 0 Å². The maximum atomic E-state index is 11.0. The molecule has 0 saturated carbocycles. The molecule has 0 rings (SSSR count). The quantitative estimate of drug-likeness (QED) is 0.199. The fourth-order valence-electron chi connectivity index (χ4n) is 1.09. The average Bonchev–Trinajstić information content (AvgIpc) is 2.52. The number of ether oxygens (including phenoxy) is 4. The van der Waals surface area contributed by atoms with Gasteiger partial charge in [-0.05, 0) is 23.2 Å². The summed E-state index contributed by atoms with van der Waals surface area (Å²) in [6.07, 6.45) is 3.60. The molecular weight excluding hydrogens is 367 g/mol. The van der Waals surface area contributed by atoms with E-state index in [2.05, 4.69) is 0 Å². The van der Waals surface area contributed by atoms with E-state index >= 15 is 0 Å². The van der Waals surface area contributed by atoms with Gasteiger partial charge in [-0.3, -0.25) is 9.59 Å². The Morgan fingerprint density at radius 1 is 0.583 bits per heavy atom. The van der Waals surface area contributed by atoms with Crippen LogP contribution in [0.1, 0.15) is 0 Å². The Bertz CT molecular complexity index is 443. The van der Waals surface area contributed by atoms with Gasteiger partial charge in [0.25, 0.3) is 0 Å². The highest BCUT2D eigenvalue weighted by Crippen LogP contribution is 1.89. The van der Waals surface area contributed by atoms with Crippen LogP contribution in [-0.4, -0.2) is 62.1 Å². The van der Waals surface area contributed by atoms with Crippen molar-refractivity contribution >= 4 is 45.6 Å². The van der Waals surface area contributed by atoms with Crippen molar-refractivity contribution in [2.24, 2.45) is 0 Å². The molecule has 24 heavy (non-hydrogen) atoms. The summed E-state index contributed by atoms with van der Waals surface area (Å²) in [4.78, 5) is 42.7. The lowest BCUT2D eigenvalue weighted by atomic mass is 10.5. The van der Waals surface area contributed by atoms with Gasteiger partial charge < -0.3 is 18.9 Å². The molecule has 134 valence electrons. The normalized spacial score (nSPS) is 10.9. The Balaban J connectivity index is 3.40. The van der Waals surface area contributed by atoms with Gasteiger partial charge in [-0.25, -0.2) is 9.59 Å². The van der Waals surface area contributed by atoms with Crippen LogP contribution >= 0.6 is 23.2 Å². The molecule has 0 aliphatic rings. The number of hydrogen-bond donors (Lipinski definition) is 0. The molecule has 0 aliphatic heterocycles. The first-order valence-corrected chi connectivity index (χ1v) is 7.41. The zero-order chi connectivity index (χ0) is 18.2. The molecule has 0 aromatic rings. The number of hydrogen-bond acceptors (Lipinski definition) is 8. The second-order valence-electron chi connectivity index (χ2n) is 3.83. The first-order valence-electron chi connectivity index (χ1n) is 6.66. The summed E-state index contributed by atoms with van der Waals surface area (Å²) < 4.78 is 19.6. The molecular formula is C14H16Cl2O8. The summed E-state index contributed by atoms with van der Waals surface area (Å²) >= 11 is 10.0. The van der Waals surface area contributed by atoms with Crippen molar-refractivity contribution in [1.29, 1.82) is 0 Å². The molecule has 0 aromatic heterocycles. The van der Waals surface area contributed by atoms with Gasteiger partial charge in [0.1, 0.15) is 13.2 Å². The van der Waals surface area contributed by atoms with Gasteiger partial charge >= 0.3 is 11.9 Å². The van der Waals surface area contributed by atoms with E-state index < -0.39 is 22.4 Å². The van der Waals surface area contributed by atoms with E-state index in [1.54, 1.807) is 0 Å². The SMILES string of the molecule is O=C(Cl)C=CC(=O)OCCOCCOCCOC(=O)C=CC(=O)Cl. The molecule has 0 fully saturated rings. The zero-order valence-electron chi connectivity index (χ0n) is 12.6. The van der Waals surface area contributed by atoms with Crippen LogP contribution < -0.4 is 0 Å². The second kappa shape index (κ2) is 14.8. The molecule has 0 amide bonds. The van der Waals surface area contributed by atoms with Crippen LogP contribution in [0.5, 0.6) is 0 Å². The molecule has 0 aromatic carbocycles. The van der Waals surface area contributed by atoms with Crippen molar-refractivity contribution in [3.05, 3.63) is 24.3 Å². The van der Waals surface area contributed by atoms with Crippen LogP contribution in [0, 0.1) is 0 Å². The third-order valence-electron chi connectivity index (χ3n) is 2.02. The number of esters is 2. The van der Waals surface area contributed by atoms with Crippen LogP contribution in [0.4, 0.5) is 0 Å². The summed E-state index contributed by atoms with van der Waals surface area (Å²) in [5, 5.41) is -1.54. The van der Waals surface area contributed by atoms with E-state index in [4.69, 9.17) is 42.1 Å². The Morgan fingerprint density at radius 2 is 0.917 bits per heavy atom. The first kappa shape index (κ1) is 22.3. The van der Waals surface area contributed by atoms with Crippen LogP contribution in [0.3, 0.4) is 0 Å². The average molecular weight is 383 g/mol. The van der Waals surface area contributed by atoms with Crippen LogP contribution in [0.2, 0.25) is 0 Å². The second-order valence-corrected chi connectivity index (χ2v) is 4.58. The Morgan fingerprint density at radius 3 is 1.25 bits per heavy atom. The van der Waals surface area contributed by atoms with E-state index in [0.29, 0.717) is 0 Å². The lowest BCUT2D eigenvalue weighted by molar-refractivity contribution is -0.141. The fourth-order valence-corrected chi connectivity index (χ4v) is 1.21. The van der Waals surface area contributed by atoms with Crippen LogP contribution in [0.25, 0.3) is 0 Å².